The highest BCUT2D eigenvalue weighted by molar-refractivity contribution is 8.00. The predicted molar refractivity (Wildman–Crippen MR) is 62.1 cm³/mol. The van der Waals surface area contributed by atoms with E-state index in [0.29, 0.717) is 0 Å². The van der Waals surface area contributed by atoms with Gasteiger partial charge in [-0.2, -0.15) is 0 Å². The Labute approximate surface area is 99.6 Å². The summed E-state index contributed by atoms with van der Waals surface area (Å²) >= 11 is 1.34. The van der Waals surface area contributed by atoms with Crippen LogP contribution in [0.25, 0.3) is 0 Å². The normalized spacial score (nSPS) is 13.8. The number of carbonyl (C=O) groups is 2. The van der Waals surface area contributed by atoms with Crippen molar-refractivity contribution in [2.24, 2.45) is 0 Å². The minimum absolute atomic E-state index is 0.174. The fraction of sp³-hybridized carbons (Fsp3) is 0.778. The van der Waals surface area contributed by atoms with E-state index in [1.165, 1.54) is 33.0 Å². The molecule has 7 heteroatoms. The summed E-state index contributed by atoms with van der Waals surface area (Å²) < 4.78 is 3.66. The first-order valence-corrected chi connectivity index (χ1v) is 5.83. The van der Waals surface area contributed by atoms with Crippen LogP contribution in [0, 0.1) is 0 Å². The highest BCUT2D eigenvalue weighted by Crippen LogP contribution is 2.23. The first-order chi connectivity index (χ1) is 7.41. The molecule has 2 amide bonds. The monoisotopic (exact) mass is 250 g/mol. The molecule has 0 aromatic heterocycles. The first-order valence-electron chi connectivity index (χ1n) is 4.60. The van der Waals surface area contributed by atoms with Crippen molar-refractivity contribution < 1.29 is 19.2 Å². The lowest BCUT2D eigenvalue weighted by atomic mass is 10.1. The molecule has 0 saturated heterocycles. The highest BCUT2D eigenvalue weighted by atomic mass is 32.2. The molecule has 0 aliphatic heterocycles. The number of amides is 2. The predicted octanol–water partition coefficient (Wildman–Crippen LogP) is 0.484. The number of alkyl carbamates (subject to hydrolysis) is 1. The SMILES string of the molecule is COC(=O)NC[C@](C)(SC)C(=O)N(C)OC. The highest BCUT2D eigenvalue weighted by Gasteiger charge is 2.35. The van der Waals surface area contributed by atoms with E-state index in [1.54, 1.807) is 13.2 Å². The molecule has 0 fully saturated rings. The summed E-state index contributed by atoms with van der Waals surface area (Å²) in [5, 5.41) is 3.63. The van der Waals surface area contributed by atoms with Gasteiger partial charge in [0.05, 0.1) is 14.2 Å². The zero-order valence-corrected chi connectivity index (χ0v) is 11.0. The van der Waals surface area contributed by atoms with Crippen LogP contribution in [0.5, 0.6) is 0 Å². The molecular formula is C9H18N2O4S. The maximum absolute atomic E-state index is 11.9. The lowest BCUT2D eigenvalue weighted by Gasteiger charge is -2.29. The Kier molecular flexibility index (Phi) is 6.20. The van der Waals surface area contributed by atoms with E-state index >= 15 is 0 Å². The summed E-state index contributed by atoms with van der Waals surface area (Å²) in [5.74, 6) is -0.223. The van der Waals surface area contributed by atoms with Gasteiger partial charge < -0.3 is 10.1 Å². The summed E-state index contributed by atoms with van der Waals surface area (Å²) in [7, 11) is 4.20. The molecule has 0 aliphatic rings. The zero-order valence-electron chi connectivity index (χ0n) is 10.2. The van der Waals surface area contributed by atoms with Gasteiger partial charge in [0.2, 0.25) is 0 Å². The van der Waals surface area contributed by atoms with E-state index < -0.39 is 10.8 Å². The van der Waals surface area contributed by atoms with Gasteiger partial charge >= 0.3 is 6.09 Å². The van der Waals surface area contributed by atoms with Crippen molar-refractivity contribution in [2.45, 2.75) is 11.7 Å². The summed E-state index contributed by atoms with van der Waals surface area (Å²) in [4.78, 5) is 27.7. The van der Waals surface area contributed by atoms with Crippen molar-refractivity contribution >= 4 is 23.8 Å². The molecule has 0 bridgehead atoms. The topological polar surface area (TPSA) is 67.9 Å². The van der Waals surface area contributed by atoms with E-state index in [2.05, 4.69) is 10.1 Å². The second-order valence-electron chi connectivity index (χ2n) is 3.27. The minimum atomic E-state index is -0.779. The summed E-state index contributed by atoms with van der Waals surface area (Å²) in [5.41, 5.74) is 0. The Morgan fingerprint density at radius 2 is 2.00 bits per heavy atom. The molecule has 16 heavy (non-hydrogen) atoms. The molecule has 6 nitrogen and oxygen atoms in total. The Morgan fingerprint density at radius 1 is 1.44 bits per heavy atom. The molecule has 0 heterocycles. The molecule has 0 radical (unpaired) electrons. The van der Waals surface area contributed by atoms with Gasteiger partial charge in [0.25, 0.3) is 5.91 Å². The smallest absolute Gasteiger partial charge is 0.406 e. The molecule has 0 aromatic rings. The largest absolute Gasteiger partial charge is 0.453 e. The van der Waals surface area contributed by atoms with Gasteiger partial charge in [-0.1, -0.05) is 0 Å². The van der Waals surface area contributed by atoms with Crippen LogP contribution in [0.3, 0.4) is 0 Å². The Hall–Kier alpha value is -0.950. The third-order valence-corrected chi connectivity index (χ3v) is 3.44. The molecule has 0 saturated carbocycles. The molecule has 0 aliphatic carbocycles. The molecule has 1 N–H and O–H groups in total. The van der Waals surface area contributed by atoms with Crippen molar-refractivity contribution in [1.29, 1.82) is 0 Å². The van der Waals surface area contributed by atoms with Crippen LogP contribution in [-0.2, 0) is 14.4 Å². The number of nitrogens with one attached hydrogen (secondary N) is 1. The second kappa shape index (κ2) is 6.59. The van der Waals surface area contributed by atoms with Crippen LogP contribution >= 0.6 is 11.8 Å². The fourth-order valence-electron chi connectivity index (χ4n) is 0.964. The van der Waals surface area contributed by atoms with Crippen molar-refractivity contribution in [1.82, 2.24) is 10.4 Å². The number of thioether (sulfide) groups is 1. The summed E-state index contributed by atoms with van der Waals surface area (Å²) in [6.07, 6.45) is 1.23. The van der Waals surface area contributed by atoms with E-state index in [1.807, 2.05) is 0 Å². The van der Waals surface area contributed by atoms with Crippen molar-refractivity contribution in [3.63, 3.8) is 0 Å². The number of hydrogen-bond acceptors (Lipinski definition) is 5. The average molecular weight is 250 g/mol. The average Bonchev–Trinajstić information content (AvgIpc) is 2.33. The Morgan fingerprint density at radius 3 is 2.38 bits per heavy atom. The van der Waals surface area contributed by atoms with Crippen molar-refractivity contribution in [3.8, 4) is 0 Å². The standard InChI is InChI=1S/C9H18N2O4S/c1-9(16-5,6-10-8(13)14-3)7(12)11(2)15-4/h6H2,1-5H3,(H,10,13)/t9-/m0/s1. The molecule has 0 aromatic carbocycles. The third kappa shape index (κ3) is 3.90. The number of hydroxylamine groups is 2. The fourth-order valence-corrected chi connectivity index (χ4v) is 1.48. The van der Waals surface area contributed by atoms with E-state index in [4.69, 9.17) is 4.84 Å². The Bertz CT molecular complexity index is 262. The number of rotatable bonds is 5. The van der Waals surface area contributed by atoms with Gasteiger partial charge in [-0.25, -0.2) is 9.86 Å². The van der Waals surface area contributed by atoms with Gasteiger partial charge in [-0.15, -0.1) is 11.8 Å². The van der Waals surface area contributed by atoms with Crippen molar-refractivity contribution in [3.05, 3.63) is 0 Å². The molecule has 0 rings (SSSR count). The zero-order chi connectivity index (χ0) is 12.8. The van der Waals surface area contributed by atoms with Gasteiger partial charge in [-0.05, 0) is 13.2 Å². The number of hydrogen-bond donors (Lipinski definition) is 1. The van der Waals surface area contributed by atoms with Gasteiger partial charge in [0.1, 0.15) is 4.75 Å². The molecule has 0 unspecified atom stereocenters. The summed E-state index contributed by atoms with van der Waals surface area (Å²) in [6, 6.07) is 0. The summed E-state index contributed by atoms with van der Waals surface area (Å²) in [6.45, 7) is 1.90. The van der Waals surface area contributed by atoms with Crippen LogP contribution in [0.4, 0.5) is 4.79 Å². The molecular weight excluding hydrogens is 232 g/mol. The van der Waals surface area contributed by atoms with Gasteiger partial charge in [0.15, 0.2) is 0 Å². The van der Waals surface area contributed by atoms with E-state index in [-0.39, 0.29) is 12.5 Å². The third-order valence-electron chi connectivity index (χ3n) is 2.22. The second-order valence-corrected chi connectivity index (χ2v) is 4.57. The lowest BCUT2D eigenvalue weighted by Crippen LogP contribution is -2.49. The number of ether oxygens (including phenoxy) is 1. The maximum Gasteiger partial charge on any atom is 0.406 e. The molecule has 94 valence electrons. The number of methoxy groups -OCH3 is 1. The minimum Gasteiger partial charge on any atom is -0.453 e. The van der Waals surface area contributed by atoms with E-state index in [9.17, 15) is 9.59 Å². The van der Waals surface area contributed by atoms with E-state index in [0.717, 1.165) is 5.06 Å². The maximum atomic E-state index is 11.9. The Balaban J connectivity index is 4.52. The molecule has 0 spiro atoms. The number of carbonyl (C=O) groups excluding carboxylic acids is 2. The van der Waals surface area contributed by atoms with Crippen LogP contribution in [0.1, 0.15) is 6.92 Å². The van der Waals surface area contributed by atoms with Gasteiger partial charge in [0, 0.05) is 13.6 Å². The molecule has 1 atom stereocenters. The number of nitrogens with zero attached hydrogens (tertiary/aromatic N) is 1. The van der Waals surface area contributed by atoms with Crippen LogP contribution < -0.4 is 5.32 Å². The first kappa shape index (κ1) is 15.0. The van der Waals surface area contributed by atoms with Crippen LogP contribution in [0.15, 0.2) is 0 Å². The van der Waals surface area contributed by atoms with Crippen LogP contribution in [-0.4, -0.2) is 55.9 Å². The van der Waals surface area contributed by atoms with Crippen LogP contribution in [0.2, 0.25) is 0 Å². The lowest BCUT2D eigenvalue weighted by molar-refractivity contribution is -0.170. The van der Waals surface area contributed by atoms with Gasteiger partial charge in [-0.3, -0.25) is 9.63 Å². The van der Waals surface area contributed by atoms with Crippen molar-refractivity contribution in [2.75, 3.05) is 34.1 Å². The quantitative estimate of drug-likeness (QED) is 0.719.